The molecule has 0 aromatic carbocycles. The molecule has 0 aliphatic rings. The van der Waals surface area contributed by atoms with Crippen molar-refractivity contribution in [3.8, 4) is 0 Å². The Balaban J connectivity index is -0.000000636. The molecule has 0 aromatic rings. The minimum Gasteiger partial charge on any atom is -0.100 e. The van der Waals surface area contributed by atoms with Crippen LogP contribution in [0.25, 0.3) is 0 Å². The minimum atomic E-state index is 0.815. The third-order valence-electron chi connectivity index (χ3n) is 2.50. The van der Waals surface area contributed by atoms with E-state index in [4.69, 9.17) is 0 Å². The van der Waals surface area contributed by atoms with E-state index >= 15 is 0 Å². The van der Waals surface area contributed by atoms with Crippen LogP contribution in [0.5, 0.6) is 0 Å². The Bertz CT molecular complexity index is 494. The van der Waals surface area contributed by atoms with Gasteiger partial charge in [-0.2, -0.15) is 0 Å². The van der Waals surface area contributed by atoms with Crippen molar-refractivity contribution in [3.63, 3.8) is 0 Å². The summed E-state index contributed by atoms with van der Waals surface area (Å²) in [5.41, 5.74) is 5.88. The highest BCUT2D eigenvalue weighted by molar-refractivity contribution is 5.45. The van der Waals surface area contributed by atoms with Gasteiger partial charge in [0, 0.05) is 0 Å². The summed E-state index contributed by atoms with van der Waals surface area (Å²) in [7, 11) is 0. The first-order valence-corrected chi connectivity index (χ1v) is 8.51. The molecule has 0 N–H and O–H groups in total. The van der Waals surface area contributed by atoms with E-state index in [1.807, 2.05) is 58.9 Å². The first kappa shape index (κ1) is 26.8. The van der Waals surface area contributed by atoms with Gasteiger partial charge in [-0.25, -0.2) is 0 Å². The Morgan fingerprint density at radius 1 is 0.917 bits per heavy atom. The zero-order valence-corrected chi connectivity index (χ0v) is 17.1. The first-order chi connectivity index (χ1) is 11.3. The second-order valence-electron chi connectivity index (χ2n) is 5.47. The van der Waals surface area contributed by atoms with Crippen molar-refractivity contribution in [3.05, 3.63) is 96.7 Å². The van der Waals surface area contributed by atoms with E-state index < -0.39 is 0 Å². The van der Waals surface area contributed by atoms with Crippen molar-refractivity contribution in [2.75, 3.05) is 0 Å². The normalized spacial score (nSPS) is 10.2. The lowest BCUT2D eigenvalue weighted by atomic mass is 9.95. The minimum absolute atomic E-state index is 0.815. The van der Waals surface area contributed by atoms with E-state index in [1.54, 1.807) is 6.08 Å². The third kappa shape index (κ3) is 18.0. The van der Waals surface area contributed by atoms with Crippen LogP contribution >= 0.6 is 0 Å². The average molecular weight is 327 g/mol. The van der Waals surface area contributed by atoms with Gasteiger partial charge >= 0.3 is 0 Å². The maximum Gasteiger partial charge on any atom is -0.00259 e. The summed E-state index contributed by atoms with van der Waals surface area (Å²) in [4.78, 5) is 0. The van der Waals surface area contributed by atoms with Gasteiger partial charge in [0.2, 0.25) is 0 Å². The second kappa shape index (κ2) is 19.0. The van der Waals surface area contributed by atoms with Crippen LogP contribution < -0.4 is 0 Å². The van der Waals surface area contributed by atoms with Crippen molar-refractivity contribution in [1.82, 2.24) is 0 Å². The molecule has 0 spiro atoms. The predicted molar refractivity (Wildman–Crippen MR) is 116 cm³/mol. The monoisotopic (exact) mass is 326 g/mol. The SMILES string of the molecule is C=C(C)C.C=C/C=C\C(C(=C)C/C(C=C)=C/C=C\C)=C(C)C.CC. The Hall–Kier alpha value is -2.08. The molecule has 0 amide bonds. The van der Waals surface area contributed by atoms with E-state index in [2.05, 4.69) is 52.3 Å². The van der Waals surface area contributed by atoms with Gasteiger partial charge in [0.25, 0.3) is 0 Å². The van der Waals surface area contributed by atoms with Gasteiger partial charge in [0.15, 0.2) is 0 Å². The molecule has 0 radical (unpaired) electrons. The Morgan fingerprint density at radius 2 is 1.42 bits per heavy atom. The Kier molecular flexibility index (Phi) is 21.2. The van der Waals surface area contributed by atoms with Crippen molar-refractivity contribution in [1.29, 1.82) is 0 Å². The van der Waals surface area contributed by atoms with Crippen molar-refractivity contribution in [2.45, 2.75) is 54.9 Å². The molecule has 0 rings (SSSR count). The van der Waals surface area contributed by atoms with Crippen molar-refractivity contribution < 1.29 is 0 Å². The molecule has 134 valence electrons. The highest BCUT2D eigenvalue weighted by atomic mass is 14.1. The molecule has 0 bridgehead atoms. The average Bonchev–Trinajstić information content (AvgIpc) is 2.52. The summed E-state index contributed by atoms with van der Waals surface area (Å²) in [6.45, 7) is 29.4. The fourth-order valence-electron chi connectivity index (χ4n) is 1.56. The van der Waals surface area contributed by atoms with Crippen LogP contribution in [0.1, 0.15) is 54.9 Å². The summed E-state index contributed by atoms with van der Waals surface area (Å²) in [6, 6.07) is 0. The van der Waals surface area contributed by atoms with Crippen molar-refractivity contribution >= 4 is 0 Å². The molecule has 0 saturated carbocycles. The van der Waals surface area contributed by atoms with E-state index in [-0.39, 0.29) is 0 Å². The van der Waals surface area contributed by atoms with Crippen LogP contribution in [0, 0.1) is 0 Å². The van der Waals surface area contributed by atoms with Crippen LogP contribution in [0.3, 0.4) is 0 Å². The fraction of sp³-hybridized carbons (Fsp3) is 0.333. The largest absolute Gasteiger partial charge is 0.100 e. The quantitative estimate of drug-likeness (QED) is 0.326. The lowest BCUT2D eigenvalue weighted by Crippen LogP contribution is -1.90. The topological polar surface area (TPSA) is 0 Å². The molecule has 0 heterocycles. The lowest BCUT2D eigenvalue weighted by Gasteiger charge is -2.10. The Morgan fingerprint density at radius 3 is 1.75 bits per heavy atom. The summed E-state index contributed by atoms with van der Waals surface area (Å²) in [6.07, 6.45) is 14.6. The lowest BCUT2D eigenvalue weighted by molar-refractivity contribution is 1.16. The van der Waals surface area contributed by atoms with E-state index in [0.29, 0.717) is 0 Å². The zero-order chi connectivity index (χ0) is 19.5. The van der Waals surface area contributed by atoms with Crippen LogP contribution in [0.2, 0.25) is 0 Å². The maximum atomic E-state index is 4.17. The molecule has 0 aliphatic carbocycles. The maximum absolute atomic E-state index is 4.17. The first-order valence-electron chi connectivity index (χ1n) is 8.51. The highest BCUT2D eigenvalue weighted by Crippen LogP contribution is 2.22. The summed E-state index contributed by atoms with van der Waals surface area (Å²) < 4.78 is 0. The van der Waals surface area contributed by atoms with Gasteiger partial charge in [0.05, 0.1) is 0 Å². The Labute approximate surface area is 152 Å². The summed E-state index contributed by atoms with van der Waals surface area (Å²) in [5.74, 6) is 0. The number of rotatable bonds is 7. The van der Waals surface area contributed by atoms with E-state index in [9.17, 15) is 0 Å². The number of allylic oxidation sites excluding steroid dienone is 12. The molecule has 0 aliphatic heterocycles. The van der Waals surface area contributed by atoms with Crippen LogP contribution in [-0.2, 0) is 0 Å². The molecule has 0 atom stereocenters. The van der Waals surface area contributed by atoms with Crippen molar-refractivity contribution in [2.24, 2.45) is 0 Å². The summed E-state index contributed by atoms with van der Waals surface area (Å²) in [5, 5.41) is 0. The number of hydrogen-bond acceptors (Lipinski definition) is 0. The summed E-state index contributed by atoms with van der Waals surface area (Å²) >= 11 is 0. The molecule has 24 heavy (non-hydrogen) atoms. The molecule has 0 saturated heterocycles. The molecule has 0 aromatic heterocycles. The van der Waals surface area contributed by atoms with Gasteiger partial charge in [-0.3, -0.25) is 0 Å². The molecular formula is C24H38. The molecular weight excluding hydrogens is 288 g/mol. The van der Waals surface area contributed by atoms with Gasteiger partial charge in [-0.15, -0.1) is 6.58 Å². The van der Waals surface area contributed by atoms with Crippen LogP contribution in [-0.4, -0.2) is 0 Å². The molecule has 0 fully saturated rings. The van der Waals surface area contributed by atoms with Gasteiger partial charge < -0.3 is 0 Å². The zero-order valence-electron chi connectivity index (χ0n) is 17.1. The molecule has 0 nitrogen and oxygen atoms in total. The highest BCUT2D eigenvalue weighted by Gasteiger charge is 2.03. The predicted octanol–water partition coefficient (Wildman–Crippen LogP) is 8.31. The smallest absolute Gasteiger partial charge is 0.00259 e. The second-order valence-corrected chi connectivity index (χ2v) is 5.47. The van der Waals surface area contributed by atoms with Gasteiger partial charge in [-0.05, 0) is 57.8 Å². The van der Waals surface area contributed by atoms with Gasteiger partial charge in [-0.1, -0.05) is 87.3 Å². The standard InChI is InChI=1S/C18H24.C4H8.C2H6/c1-7-10-12-17(9-3)14-16(6)18(15(4)5)13-11-8-2;1-4(2)3;1-2/h7-13H,2-3,6,14H2,1,4-5H3;1H2,2-3H3;1-2H3/b10-7-,13-11-,17-12+;;. The molecule has 0 heteroatoms. The number of hydrogen-bond donors (Lipinski definition) is 0. The van der Waals surface area contributed by atoms with Crippen LogP contribution in [0.15, 0.2) is 96.7 Å². The fourth-order valence-corrected chi connectivity index (χ4v) is 1.56. The van der Waals surface area contributed by atoms with E-state index in [0.717, 1.165) is 12.0 Å². The molecule has 0 unspecified atom stereocenters. The van der Waals surface area contributed by atoms with Gasteiger partial charge in [0.1, 0.15) is 0 Å². The van der Waals surface area contributed by atoms with E-state index in [1.165, 1.54) is 22.3 Å². The third-order valence-corrected chi connectivity index (χ3v) is 2.50. The van der Waals surface area contributed by atoms with Crippen LogP contribution in [0.4, 0.5) is 0 Å².